The lowest BCUT2D eigenvalue weighted by Gasteiger charge is -2.07. The lowest BCUT2D eigenvalue weighted by molar-refractivity contribution is -0.112. The standard InChI is InChI=1S/C15H15NO2/c1-3-8-13(14(17)9-4-2)15(18)16-12-10-6-5-7-11-12/h3-11,17H,1-2H2,(H,16,18)/b13-8+,14-9+. The second-order valence-corrected chi connectivity index (χ2v) is 3.42. The fourth-order valence-corrected chi connectivity index (χ4v) is 1.32. The number of anilines is 1. The highest BCUT2D eigenvalue weighted by Crippen LogP contribution is 2.12. The molecule has 3 heteroatoms. The molecule has 0 bridgehead atoms. The van der Waals surface area contributed by atoms with E-state index in [0.29, 0.717) is 5.69 Å². The highest BCUT2D eigenvalue weighted by molar-refractivity contribution is 6.06. The van der Waals surface area contributed by atoms with Crippen LogP contribution in [0.25, 0.3) is 0 Å². The van der Waals surface area contributed by atoms with Gasteiger partial charge in [0.2, 0.25) is 0 Å². The summed E-state index contributed by atoms with van der Waals surface area (Å²) in [4.78, 5) is 12.0. The highest BCUT2D eigenvalue weighted by Gasteiger charge is 2.12. The molecule has 1 aromatic carbocycles. The van der Waals surface area contributed by atoms with Gasteiger partial charge in [-0.25, -0.2) is 0 Å². The second kappa shape index (κ2) is 6.91. The van der Waals surface area contributed by atoms with Crippen LogP contribution in [0.3, 0.4) is 0 Å². The van der Waals surface area contributed by atoms with Gasteiger partial charge in [-0.05, 0) is 24.3 Å². The van der Waals surface area contributed by atoms with Gasteiger partial charge in [-0.1, -0.05) is 43.5 Å². The number of allylic oxidation sites excluding steroid dienone is 4. The van der Waals surface area contributed by atoms with Crippen molar-refractivity contribution < 1.29 is 9.90 Å². The summed E-state index contributed by atoms with van der Waals surface area (Å²) in [5.41, 5.74) is 0.789. The van der Waals surface area contributed by atoms with Gasteiger partial charge in [0.1, 0.15) is 5.76 Å². The summed E-state index contributed by atoms with van der Waals surface area (Å²) in [6, 6.07) is 9.00. The van der Waals surface area contributed by atoms with Crippen LogP contribution in [0.5, 0.6) is 0 Å². The van der Waals surface area contributed by atoms with Crippen LogP contribution in [0.15, 0.2) is 79.1 Å². The molecule has 0 aliphatic rings. The van der Waals surface area contributed by atoms with Crippen LogP contribution in [-0.2, 0) is 4.79 Å². The first kappa shape index (κ1) is 13.5. The largest absolute Gasteiger partial charge is 0.507 e. The van der Waals surface area contributed by atoms with Crippen molar-refractivity contribution in [3.8, 4) is 0 Å². The van der Waals surface area contributed by atoms with Crippen LogP contribution in [0, 0.1) is 0 Å². The molecule has 1 amide bonds. The number of aliphatic hydroxyl groups excluding tert-OH is 1. The van der Waals surface area contributed by atoms with Crippen LogP contribution in [0.4, 0.5) is 5.69 Å². The molecular weight excluding hydrogens is 226 g/mol. The van der Waals surface area contributed by atoms with E-state index in [1.807, 2.05) is 18.2 Å². The van der Waals surface area contributed by atoms with Gasteiger partial charge in [0.15, 0.2) is 0 Å². The van der Waals surface area contributed by atoms with E-state index in [1.165, 1.54) is 24.3 Å². The maximum absolute atomic E-state index is 12.0. The van der Waals surface area contributed by atoms with E-state index in [1.54, 1.807) is 12.1 Å². The van der Waals surface area contributed by atoms with Crippen molar-refractivity contribution in [2.24, 2.45) is 0 Å². The van der Waals surface area contributed by atoms with Gasteiger partial charge < -0.3 is 10.4 Å². The number of nitrogens with one attached hydrogen (secondary N) is 1. The third kappa shape index (κ3) is 3.79. The summed E-state index contributed by atoms with van der Waals surface area (Å²) in [6.45, 7) is 6.98. The lowest BCUT2D eigenvalue weighted by Crippen LogP contribution is -2.15. The predicted octanol–water partition coefficient (Wildman–Crippen LogP) is 3.37. The Morgan fingerprint density at radius 1 is 1.11 bits per heavy atom. The van der Waals surface area contributed by atoms with Crippen LogP contribution < -0.4 is 5.32 Å². The fraction of sp³-hybridized carbons (Fsp3) is 0. The Morgan fingerprint density at radius 2 is 1.72 bits per heavy atom. The third-order valence-corrected chi connectivity index (χ3v) is 2.11. The van der Waals surface area contributed by atoms with Crippen molar-refractivity contribution in [1.29, 1.82) is 0 Å². The zero-order valence-corrected chi connectivity index (χ0v) is 9.97. The molecule has 0 heterocycles. The summed E-state index contributed by atoms with van der Waals surface area (Å²) in [7, 11) is 0. The quantitative estimate of drug-likeness (QED) is 0.471. The number of hydrogen-bond donors (Lipinski definition) is 2. The average molecular weight is 241 g/mol. The second-order valence-electron chi connectivity index (χ2n) is 3.42. The van der Waals surface area contributed by atoms with Crippen molar-refractivity contribution in [3.05, 3.63) is 79.1 Å². The minimum atomic E-state index is -0.406. The Kier molecular flexibility index (Phi) is 5.19. The van der Waals surface area contributed by atoms with Crippen LogP contribution >= 0.6 is 0 Å². The molecule has 3 nitrogen and oxygen atoms in total. The van der Waals surface area contributed by atoms with Crippen molar-refractivity contribution in [1.82, 2.24) is 0 Å². The van der Waals surface area contributed by atoms with Gasteiger partial charge in [-0.3, -0.25) is 4.79 Å². The van der Waals surface area contributed by atoms with Crippen molar-refractivity contribution in [2.45, 2.75) is 0 Å². The van der Waals surface area contributed by atoms with E-state index in [9.17, 15) is 9.90 Å². The van der Waals surface area contributed by atoms with Crippen LogP contribution in [0.1, 0.15) is 0 Å². The summed E-state index contributed by atoms with van der Waals surface area (Å²) < 4.78 is 0. The molecule has 18 heavy (non-hydrogen) atoms. The number of carbonyl (C=O) groups is 1. The SMILES string of the molecule is C=C/C=C(O)\C(=C/C=C)C(=O)Nc1ccccc1. The number of carbonyl (C=O) groups excluding carboxylic acids is 1. The normalized spacial score (nSPS) is 11.8. The lowest BCUT2D eigenvalue weighted by atomic mass is 10.1. The number of benzene rings is 1. The summed E-state index contributed by atoms with van der Waals surface area (Å²) in [6.07, 6.45) is 5.63. The third-order valence-electron chi connectivity index (χ3n) is 2.11. The maximum Gasteiger partial charge on any atom is 0.259 e. The van der Waals surface area contributed by atoms with Gasteiger partial charge in [-0.2, -0.15) is 0 Å². The molecule has 0 aliphatic carbocycles. The Balaban J connectivity index is 2.92. The van der Waals surface area contributed by atoms with E-state index in [-0.39, 0.29) is 11.3 Å². The Morgan fingerprint density at radius 3 is 2.28 bits per heavy atom. The van der Waals surface area contributed by atoms with Gasteiger partial charge in [0.25, 0.3) is 5.91 Å². The number of amides is 1. The molecule has 0 fully saturated rings. The molecule has 92 valence electrons. The van der Waals surface area contributed by atoms with E-state index >= 15 is 0 Å². The molecule has 0 atom stereocenters. The highest BCUT2D eigenvalue weighted by atomic mass is 16.3. The first-order valence-electron chi connectivity index (χ1n) is 5.40. The molecule has 0 unspecified atom stereocenters. The minimum Gasteiger partial charge on any atom is -0.507 e. The van der Waals surface area contributed by atoms with E-state index < -0.39 is 5.91 Å². The Bertz CT molecular complexity index is 498. The molecule has 0 spiro atoms. The zero-order chi connectivity index (χ0) is 13.4. The smallest absolute Gasteiger partial charge is 0.259 e. The summed E-state index contributed by atoms with van der Waals surface area (Å²) >= 11 is 0. The molecule has 0 aromatic heterocycles. The molecule has 0 radical (unpaired) electrons. The van der Waals surface area contributed by atoms with Crippen molar-refractivity contribution >= 4 is 11.6 Å². The first-order valence-corrected chi connectivity index (χ1v) is 5.40. The van der Waals surface area contributed by atoms with Gasteiger partial charge in [0.05, 0.1) is 5.57 Å². The fourth-order valence-electron chi connectivity index (χ4n) is 1.32. The molecule has 1 aromatic rings. The van der Waals surface area contributed by atoms with E-state index in [4.69, 9.17) is 0 Å². The summed E-state index contributed by atoms with van der Waals surface area (Å²) in [5, 5.41) is 12.4. The number of rotatable bonds is 5. The molecule has 0 aliphatic heterocycles. The molecular formula is C15H15NO2. The van der Waals surface area contributed by atoms with Crippen LogP contribution in [-0.4, -0.2) is 11.0 Å². The van der Waals surface area contributed by atoms with E-state index in [2.05, 4.69) is 18.5 Å². The van der Waals surface area contributed by atoms with Gasteiger partial charge in [0, 0.05) is 5.69 Å². The van der Waals surface area contributed by atoms with Gasteiger partial charge >= 0.3 is 0 Å². The molecule has 1 rings (SSSR count). The number of aliphatic hydroxyl groups is 1. The number of para-hydroxylation sites is 1. The molecule has 0 saturated carbocycles. The monoisotopic (exact) mass is 241 g/mol. The molecule has 2 N–H and O–H groups in total. The number of hydrogen-bond acceptors (Lipinski definition) is 2. The minimum absolute atomic E-state index is 0.133. The Labute approximate surface area is 106 Å². The molecule has 0 saturated heterocycles. The van der Waals surface area contributed by atoms with Crippen molar-refractivity contribution in [3.63, 3.8) is 0 Å². The average Bonchev–Trinajstić information content (AvgIpc) is 2.37. The predicted molar refractivity (Wildman–Crippen MR) is 74.3 cm³/mol. The zero-order valence-electron chi connectivity index (χ0n) is 9.97. The van der Waals surface area contributed by atoms with E-state index in [0.717, 1.165) is 0 Å². The van der Waals surface area contributed by atoms with Crippen LogP contribution in [0.2, 0.25) is 0 Å². The van der Waals surface area contributed by atoms with Gasteiger partial charge in [-0.15, -0.1) is 0 Å². The maximum atomic E-state index is 12.0. The first-order chi connectivity index (χ1) is 8.69. The summed E-state index contributed by atoms with van der Waals surface area (Å²) in [5.74, 6) is -0.560. The van der Waals surface area contributed by atoms with Crippen molar-refractivity contribution in [2.75, 3.05) is 5.32 Å². The topological polar surface area (TPSA) is 49.3 Å². The Hall–Kier alpha value is -2.55.